The van der Waals surface area contributed by atoms with E-state index in [1.54, 1.807) is 7.48 Å². The Labute approximate surface area is 53.2 Å². The molecule has 1 aliphatic heterocycles. The maximum absolute atomic E-state index is 4.39. The van der Waals surface area contributed by atoms with Crippen molar-refractivity contribution < 1.29 is 31.6 Å². The second kappa shape index (κ2) is 15.7. The summed E-state index contributed by atoms with van der Waals surface area (Å²) in [5, 5.41) is 0. The van der Waals surface area contributed by atoms with Gasteiger partial charge in [-0.15, -0.1) is 0 Å². The molecular weight excluding hydrogens is 131 g/mol. The summed E-state index contributed by atoms with van der Waals surface area (Å²) in [5.74, 6) is 0. The van der Waals surface area contributed by atoms with Crippen molar-refractivity contribution in [2.24, 2.45) is 0 Å². The van der Waals surface area contributed by atoms with Crippen LogP contribution < -0.4 is 0 Å². The highest BCUT2D eigenvalue weighted by atomic mass is 17.2. The van der Waals surface area contributed by atoms with Crippen LogP contribution in [0.2, 0.25) is 6.32 Å². The Balaban J connectivity index is -0.0000000312. The molecule has 0 atom stereocenters. The Bertz CT molecular complexity index is 22.6. The van der Waals surface area contributed by atoms with Crippen LogP contribution in [0.15, 0.2) is 0 Å². The Morgan fingerprint density at radius 2 is 1.56 bits per heavy atom. The molecule has 9 heavy (non-hydrogen) atoms. The quantitative estimate of drug-likeness (QED) is 0.258. The van der Waals surface area contributed by atoms with Crippen LogP contribution in [0.5, 0.6) is 0 Å². The SMILES string of the molecule is O.O.O.O.[B]1CCOO1. The Kier molecular flexibility index (Phi) is 40.4. The number of rotatable bonds is 0. The van der Waals surface area contributed by atoms with Crippen LogP contribution in [0.1, 0.15) is 0 Å². The molecule has 6 nitrogen and oxygen atoms in total. The minimum absolute atomic E-state index is 0. The van der Waals surface area contributed by atoms with E-state index in [4.69, 9.17) is 0 Å². The van der Waals surface area contributed by atoms with Crippen molar-refractivity contribution in [1.82, 2.24) is 0 Å². The highest BCUT2D eigenvalue weighted by molar-refractivity contribution is 6.27. The molecule has 0 spiro atoms. The van der Waals surface area contributed by atoms with Crippen LogP contribution >= 0.6 is 0 Å². The molecule has 0 unspecified atom stereocenters. The van der Waals surface area contributed by atoms with Gasteiger partial charge in [0.15, 0.2) is 0 Å². The maximum atomic E-state index is 4.39. The molecule has 0 aromatic rings. The predicted molar refractivity (Wildman–Crippen MR) is 32.1 cm³/mol. The monoisotopic (exact) mass is 143 g/mol. The molecule has 8 N–H and O–H groups in total. The largest absolute Gasteiger partial charge is 0.412 e. The lowest BCUT2D eigenvalue weighted by atomic mass is 9.99. The molecule has 0 bridgehead atoms. The second-order valence-corrected chi connectivity index (χ2v) is 0.874. The van der Waals surface area contributed by atoms with Crippen molar-refractivity contribution >= 4 is 7.48 Å². The zero-order chi connectivity index (χ0) is 3.54. The zero-order valence-electron chi connectivity index (χ0n) is 4.81. The topological polar surface area (TPSA) is 144 Å². The average Bonchev–Trinajstić information content (AvgIpc) is 1.76. The van der Waals surface area contributed by atoms with Crippen LogP contribution in [-0.2, 0) is 9.69 Å². The summed E-state index contributed by atoms with van der Waals surface area (Å²) in [5.41, 5.74) is 0. The minimum atomic E-state index is 0. The summed E-state index contributed by atoms with van der Waals surface area (Å²) in [6.07, 6.45) is 0.931. The molecule has 1 saturated heterocycles. The molecule has 1 radical (unpaired) electrons. The molecule has 1 heterocycles. The van der Waals surface area contributed by atoms with Gasteiger partial charge in [-0.25, -0.2) is 0 Å². The summed E-state index contributed by atoms with van der Waals surface area (Å²) in [6, 6.07) is 0. The molecule has 0 amide bonds. The van der Waals surface area contributed by atoms with Crippen LogP contribution in [0, 0.1) is 0 Å². The van der Waals surface area contributed by atoms with E-state index in [1.807, 2.05) is 0 Å². The van der Waals surface area contributed by atoms with Gasteiger partial charge < -0.3 is 26.7 Å². The van der Waals surface area contributed by atoms with Gasteiger partial charge in [0, 0.05) is 0 Å². The van der Waals surface area contributed by atoms with E-state index in [2.05, 4.69) is 9.69 Å². The van der Waals surface area contributed by atoms with E-state index in [-0.39, 0.29) is 21.9 Å². The Morgan fingerprint density at radius 1 is 1.00 bits per heavy atom. The normalized spacial score (nSPS) is 12.4. The van der Waals surface area contributed by atoms with Gasteiger partial charge in [0.25, 0.3) is 0 Å². The summed E-state index contributed by atoms with van der Waals surface area (Å²) in [6.45, 7) is 0.722. The number of hydrogen-bond acceptors (Lipinski definition) is 2. The molecule has 0 aliphatic carbocycles. The van der Waals surface area contributed by atoms with Crippen molar-refractivity contribution in [2.75, 3.05) is 6.61 Å². The highest BCUT2D eigenvalue weighted by Gasteiger charge is 2.00. The molecule has 1 rings (SSSR count). The van der Waals surface area contributed by atoms with Gasteiger partial charge >= 0.3 is 7.48 Å². The third kappa shape index (κ3) is 11.4. The maximum Gasteiger partial charge on any atom is 0.346 e. The molecule has 0 aromatic carbocycles. The standard InChI is InChI=1S/C2H4BO2.4H2O/c1-2-4-5-3-1;;;;/h1-2H2;4*1H2. The minimum Gasteiger partial charge on any atom is -0.412 e. The molecule has 59 valence electrons. The summed E-state index contributed by atoms with van der Waals surface area (Å²) in [7, 11) is 1.64. The third-order valence-electron chi connectivity index (χ3n) is 0.455. The van der Waals surface area contributed by atoms with Crippen LogP contribution in [0.25, 0.3) is 0 Å². The Morgan fingerprint density at radius 3 is 1.67 bits per heavy atom. The molecule has 1 fully saturated rings. The van der Waals surface area contributed by atoms with E-state index in [0.29, 0.717) is 0 Å². The van der Waals surface area contributed by atoms with Crippen molar-refractivity contribution in [1.29, 1.82) is 0 Å². The van der Waals surface area contributed by atoms with Gasteiger partial charge in [-0.1, -0.05) is 0 Å². The first kappa shape index (κ1) is 23.2. The first-order chi connectivity index (χ1) is 2.50. The fourth-order valence-corrected chi connectivity index (χ4v) is 0.241. The smallest absolute Gasteiger partial charge is 0.346 e. The second-order valence-electron chi connectivity index (χ2n) is 0.874. The van der Waals surface area contributed by atoms with Gasteiger partial charge in [0.2, 0.25) is 0 Å². The van der Waals surface area contributed by atoms with E-state index in [1.165, 1.54) is 0 Å². The summed E-state index contributed by atoms with van der Waals surface area (Å²) >= 11 is 0. The first-order valence-corrected chi connectivity index (χ1v) is 1.60. The lowest BCUT2D eigenvalue weighted by Crippen LogP contribution is -1.78. The molecule has 1 aliphatic rings. The van der Waals surface area contributed by atoms with Crippen molar-refractivity contribution in [2.45, 2.75) is 6.32 Å². The lowest BCUT2D eigenvalue weighted by Gasteiger charge is -1.79. The van der Waals surface area contributed by atoms with Gasteiger partial charge in [0.1, 0.15) is 0 Å². The van der Waals surface area contributed by atoms with Gasteiger partial charge in [-0.2, -0.15) is 0 Å². The van der Waals surface area contributed by atoms with Gasteiger partial charge in [-0.05, 0) is 6.32 Å². The number of hydrogen-bond donors (Lipinski definition) is 0. The summed E-state index contributed by atoms with van der Waals surface area (Å²) in [4.78, 5) is 8.71. The van der Waals surface area contributed by atoms with Gasteiger partial charge in [0.05, 0.1) is 6.61 Å². The summed E-state index contributed by atoms with van der Waals surface area (Å²) < 4.78 is 0. The zero-order valence-corrected chi connectivity index (χ0v) is 4.81. The van der Waals surface area contributed by atoms with E-state index in [0.717, 1.165) is 12.9 Å². The van der Waals surface area contributed by atoms with Crippen LogP contribution in [-0.4, -0.2) is 36.0 Å². The van der Waals surface area contributed by atoms with E-state index in [9.17, 15) is 0 Å². The lowest BCUT2D eigenvalue weighted by molar-refractivity contribution is -0.181. The third-order valence-corrected chi connectivity index (χ3v) is 0.455. The average molecular weight is 143 g/mol. The van der Waals surface area contributed by atoms with Crippen LogP contribution in [0.4, 0.5) is 0 Å². The fraction of sp³-hybridized carbons (Fsp3) is 1.00. The van der Waals surface area contributed by atoms with E-state index >= 15 is 0 Å². The van der Waals surface area contributed by atoms with Crippen molar-refractivity contribution in [3.05, 3.63) is 0 Å². The fourth-order valence-electron chi connectivity index (χ4n) is 0.241. The van der Waals surface area contributed by atoms with Crippen molar-refractivity contribution in [3.8, 4) is 0 Å². The highest BCUT2D eigenvalue weighted by Crippen LogP contribution is 1.91. The van der Waals surface area contributed by atoms with Gasteiger partial charge in [-0.3, -0.25) is 4.89 Å². The van der Waals surface area contributed by atoms with Crippen LogP contribution in [0.3, 0.4) is 0 Å². The molecule has 7 heteroatoms. The van der Waals surface area contributed by atoms with Crippen molar-refractivity contribution in [3.63, 3.8) is 0 Å². The Hall–Kier alpha value is -0.175. The van der Waals surface area contributed by atoms with E-state index < -0.39 is 0 Å². The predicted octanol–water partition coefficient (Wildman–Crippen LogP) is -3.31. The molecular formula is C2H12BO6. The molecule has 0 saturated carbocycles. The molecule has 0 aromatic heterocycles. The first-order valence-electron chi connectivity index (χ1n) is 1.60.